The van der Waals surface area contributed by atoms with E-state index in [9.17, 15) is 19.5 Å². The van der Waals surface area contributed by atoms with Gasteiger partial charge in [-0.1, -0.05) is 64.0 Å². The summed E-state index contributed by atoms with van der Waals surface area (Å²) < 4.78 is 0. The van der Waals surface area contributed by atoms with Crippen LogP contribution in [0.25, 0.3) is 0 Å². The van der Waals surface area contributed by atoms with Gasteiger partial charge in [0.05, 0.1) is 5.92 Å². The zero-order valence-electron chi connectivity index (χ0n) is 18.9. The van der Waals surface area contributed by atoms with Crippen molar-refractivity contribution in [1.29, 1.82) is 0 Å². The van der Waals surface area contributed by atoms with Crippen LogP contribution in [0.3, 0.4) is 0 Å². The lowest BCUT2D eigenvalue weighted by atomic mass is 9.86. The number of allylic oxidation sites excluding steroid dienone is 4. The molecule has 0 aliphatic heterocycles. The monoisotopic (exact) mass is 425 g/mol. The number of carboxylic acid groups (broad SMARTS) is 1. The number of carboxylic acids is 1. The third-order valence-electron chi connectivity index (χ3n) is 5.68. The van der Waals surface area contributed by atoms with E-state index >= 15 is 0 Å². The Morgan fingerprint density at radius 2 is 1.84 bits per heavy atom. The van der Waals surface area contributed by atoms with Crippen molar-refractivity contribution in [3.05, 3.63) is 53.6 Å². The Morgan fingerprint density at radius 3 is 2.39 bits per heavy atom. The minimum atomic E-state index is -0.894. The third kappa shape index (κ3) is 8.16. The first-order valence-electron chi connectivity index (χ1n) is 11.3. The molecule has 31 heavy (non-hydrogen) atoms. The second-order valence-corrected chi connectivity index (χ2v) is 8.77. The summed E-state index contributed by atoms with van der Waals surface area (Å²) in [6.45, 7) is 6.17. The molecule has 5 nitrogen and oxygen atoms in total. The maximum absolute atomic E-state index is 12.6. The van der Waals surface area contributed by atoms with Gasteiger partial charge < -0.3 is 10.4 Å². The number of hydrogen-bond acceptors (Lipinski definition) is 3. The minimum Gasteiger partial charge on any atom is -0.481 e. The number of unbranched alkanes of at least 4 members (excludes halogenated alkanes) is 1. The molecule has 1 aromatic carbocycles. The second-order valence-electron chi connectivity index (χ2n) is 8.77. The Kier molecular flexibility index (Phi) is 9.70. The number of carbonyl (C=O) groups is 3. The number of rotatable bonds is 12. The Labute approximate surface area is 185 Å². The molecule has 0 spiro atoms. The Bertz CT molecular complexity index is 820. The first-order chi connectivity index (χ1) is 14.8. The molecule has 0 saturated carbocycles. The van der Waals surface area contributed by atoms with Crippen molar-refractivity contribution in [2.75, 3.05) is 5.32 Å². The van der Waals surface area contributed by atoms with Gasteiger partial charge >= 0.3 is 5.97 Å². The van der Waals surface area contributed by atoms with Crippen LogP contribution in [0.4, 0.5) is 5.69 Å². The van der Waals surface area contributed by atoms with E-state index in [1.54, 1.807) is 0 Å². The lowest BCUT2D eigenvalue weighted by Gasteiger charge is -2.18. The van der Waals surface area contributed by atoms with Crippen molar-refractivity contribution < 1.29 is 19.5 Å². The van der Waals surface area contributed by atoms with Gasteiger partial charge in [0.1, 0.15) is 0 Å². The molecule has 0 bridgehead atoms. The number of anilines is 1. The van der Waals surface area contributed by atoms with E-state index in [1.165, 1.54) is 0 Å². The van der Waals surface area contributed by atoms with Crippen LogP contribution in [0.1, 0.15) is 77.2 Å². The fourth-order valence-corrected chi connectivity index (χ4v) is 3.64. The summed E-state index contributed by atoms with van der Waals surface area (Å²) in [5.41, 5.74) is 2.51. The van der Waals surface area contributed by atoms with E-state index in [2.05, 4.69) is 26.1 Å². The molecule has 168 valence electrons. The number of hydrogen-bond donors (Lipinski definition) is 2. The Hall–Kier alpha value is -2.69. The molecule has 0 fully saturated rings. The molecule has 2 N–H and O–H groups in total. The fourth-order valence-electron chi connectivity index (χ4n) is 3.64. The van der Waals surface area contributed by atoms with E-state index in [0.717, 1.165) is 30.5 Å². The summed E-state index contributed by atoms with van der Waals surface area (Å²) in [6.07, 6.45) is 10.2. The average Bonchev–Trinajstić information content (AvgIpc) is 2.75. The molecule has 0 radical (unpaired) electrons. The molecular weight excluding hydrogens is 390 g/mol. The predicted molar refractivity (Wildman–Crippen MR) is 124 cm³/mol. The van der Waals surface area contributed by atoms with Gasteiger partial charge in [0.15, 0.2) is 5.78 Å². The summed E-state index contributed by atoms with van der Waals surface area (Å²) in [6, 6.07) is 7.81. The lowest BCUT2D eigenvalue weighted by Crippen LogP contribution is -2.20. The van der Waals surface area contributed by atoms with E-state index in [1.807, 2.05) is 42.5 Å². The van der Waals surface area contributed by atoms with Crippen molar-refractivity contribution in [3.8, 4) is 0 Å². The average molecular weight is 426 g/mol. The van der Waals surface area contributed by atoms with Crippen LogP contribution in [-0.4, -0.2) is 22.8 Å². The number of carbonyl (C=O) groups excluding carboxylic acids is 2. The summed E-state index contributed by atoms with van der Waals surface area (Å²) >= 11 is 0. The smallest absolute Gasteiger partial charge is 0.306 e. The molecule has 2 rings (SSSR count). The molecule has 2 unspecified atom stereocenters. The van der Waals surface area contributed by atoms with Crippen molar-refractivity contribution in [2.45, 2.75) is 71.6 Å². The first kappa shape index (κ1) is 24.6. The standard InChI is InChI=1S/C26H35NO4/c1-4-5-6-25(29)27-23-15-13-20(14-16-23)19-9-11-21(12-10-19)24(28)17-22(26(30)31)8-7-18(2)3/h9,11-16,18-19,22H,4-8,10,17H2,1-3H3,(H,27,29)(H,30,31). The van der Waals surface area contributed by atoms with Gasteiger partial charge in [0, 0.05) is 30.0 Å². The molecule has 0 heterocycles. The highest BCUT2D eigenvalue weighted by Gasteiger charge is 2.24. The van der Waals surface area contributed by atoms with Gasteiger partial charge in [0.2, 0.25) is 5.91 Å². The fraction of sp³-hybridized carbons (Fsp3) is 0.500. The van der Waals surface area contributed by atoms with Gasteiger partial charge in [-0.25, -0.2) is 0 Å². The molecule has 0 aromatic heterocycles. The number of benzene rings is 1. The number of aliphatic carboxylic acids is 1. The van der Waals surface area contributed by atoms with Crippen molar-refractivity contribution >= 4 is 23.3 Å². The minimum absolute atomic E-state index is 0.0336. The highest BCUT2D eigenvalue weighted by molar-refractivity contribution is 5.99. The van der Waals surface area contributed by atoms with Crippen LogP contribution in [0, 0.1) is 11.8 Å². The van der Waals surface area contributed by atoms with Crippen LogP contribution in [-0.2, 0) is 14.4 Å². The SMILES string of the molecule is CCCCC(=O)Nc1ccc(C2C=CC(C(=O)CC(CCC(C)C)C(=O)O)=CC2)cc1. The van der Waals surface area contributed by atoms with Gasteiger partial charge in [-0.2, -0.15) is 0 Å². The Balaban J connectivity index is 1.90. The zero-order valence-corrected chi connectivity index (χ0v) is 18.9. The van der Waals surface area contributed by atoms with E-state index in [0.29, 0.717) is 30.8 Å². The first-order valence-corrected chi connectivity index (χ1v) is 11.3. The Morgan fingerprint density at radius 1 is 1.13 bits per heavy atom. The molecule has 1 amide bonds. The second kappa shape index (κ2) is 12.2. The largest absolute Gasteiger partial charge is 0.481 e. The third-order valence-corrected chi connectivity index (χ3v) is 5.68. The lowest BCUT2D eigenvalue weighted by molar-refractivity contribution is -0.143. The highest BCUT2D eigenvalue weighted by Crippen LogP contribution is 2.29. The maximum Gasteiger partial charge on any atom is 0.306 e. The topological polar surface area (TPSA) is 83.5 Å². The molecule has 0 saturated heterocycles. The number of amides is 1. The van der Waals surface area contributed by atoms with Gasteiger partial charge in [-0.05, 0) is 42.9 Å². The van der Waals surface area contributed by atoms with E-state index in [-0.39, 0.29) is 24.0 Å². The predicted octanol–water partition coefficient (Wildman–Crippen LogP) is 5.88. The summed E-state index contributed by atoms with van der Waals surface area (Å²) in [5, 5.41) is 12.3. The number of Topliss-reactive ketones (excluding diaryl/α,β-unsaturated/α-hetero) is 1. The number of nitrogens with one attached hydrogen (secondary N) is 1. The van der Waals surface area contributed by atoms with E-state index in [4.69, 9.17) is 0 Å². The maximum atomic E-state index is 12.6. The van der Waals surface area contributed by atoms with Crippen LogP contribution < -0.4 is 5.32 Å². The normalized spacial score (nSPS) is 16.6. The van der Waals surface area contributed by atoms with Gasteiger partial charge in [-0.15, -0.1) is 0 Å². The van der Waals surface area contributed by atoms with Gasteiger partial charge in [-0.3, -0.25) is 14.4 Å². The zero-order chi connectivity index (χ0) is 22.8. The van der Waals surface area contributed by atoms with Crippen LogP contribution in [0.15, 0.2) is 48.1 Å². The highest BCUT2D eigenvalue weighted by atomic mass is 16.4. The molecule has 1 aliphatic rings. The molecule has 1 aliphatic carbocycles. The van der Waals surface area contributed by atoms with Crippen molar-refractivity contribution in [3.63, 3.8) is 0 Å². The van der Waals surface area contributed by atoms with Crippen LogP contribution in [0.5, 0.6) is 0 Å². The quantitative estimate of drug-likeness (QED) is 0.438. The molecular formula is C26H35NO4. The van der Waals surface area contributed by atoms with Crippen molar-refractivity contribution in [2.24, 2.45) is 11.8 Å². The number of ketones is 1. The summed E-state index contributed by atoms with van der Waals surface area (Å²) in [4.78, 5) is 35.9. The van der Waals surface area contributed by atoms with Gasteiger partial charge in [0.25, 0.3) is 0 Å². The molecule has 2 atom stereocenters. The summed E-state index contributed by atoms with van der Waals surface area (Å²) in [7, 11) is 0. The molecule has 5 heteroatoms. The molecule has 1 aromatic rings. The summed E-state index contributed by atoms with van der Waals surface area (Å²) in [5.74, 6) is -1.00. The van der Waals surface area contributed by atoms with E-state index < -0.39 is 11.9 Å². The van der Waals surface area contributed by atoms with Crippen LogP contribution >= 0.6 is 0 Å². The van der Waals surface area contributed by atoms with Crippen LogP contribution in [0.2, 0.25) is 0 Å². The van der Waals surface area contributed by atoms with Crippen molar-refractivity contribution in [1.82, 2.24) is 0 Å².